The normalized spacial score (nSPS) is 12.3. The average Bonchev–Trinajstić information content (AvgIpc) is 3.17. The molecule has 0 fully saturated rings. The number of ether oxygens (including phenoxy) is 2. The molecule has 0 unspecified atom stereocenters. The monoisotopic (exact) mass is 761 g/mol. The van der Waals surface area contributed by atoms with E-state index in [0.717, 1.165) is 38.5 Å². The summed E-state index contributed by atoms with van der Waals surface area (Å²) in [4.78, 5) is 24.4. The lowest BCUT2D eigenvalue weighted by molar-refractivity contribution is -0.161. The van der Waals surface area contributed by atoms with Gasteiger partial charge in [-0.25, -0.2) is 0 Å². The molecule has 318 valence electrons. The molecule has 0 rings (SSSR count). The maximum atomic E-state index is 12.2. The molecule has 0 aromatic rings. The number of aliphatic hydroxyl groups excluding tert-OH is 1. The number of rotatable bonds is 44. The minimum atomic E-state index is -0.770. The van der Waals surface area contributed by atoms with Gasteiger partial charge >= 0.3 is 11.9 Å². The van der Waals surface area contributed by atoms with E-state index >= 15 is 0 Å². The zero-order valence-electron chi connectivity index (χ0n) is 36.3. The van der Waals surface area contributed by atoms with E-state index in [-0.39, 0.29) is 25.2 Å². The Morgan fingerprint density at radius 2 is 0.685 bits per heavy atom. The Kier molecular flexibility index (Phi) is 44.4. The van der Waals surface area contributed by atoms with Crippen molar-refractivity contribution in [3.8, 4) is 0 Å². The zero-order chi connectivity index (χ0) is 39.3. The predicted molar refractivity (Wildman–Crippen MR) is 233 cm³/mol. The third kappa shape index (κ3) is 43.1. The van der Waals surface area contributed by atoms with E-state index in [2.05, 4.69) is 38.2 Å². The number of esters is 2. The smallest absolute Gasteiger partial charge is 0.306 e. The summed E-state index contributed by atoms with van der Waals surface area (Å²) < 4.78 is 10.7. The maximum Gasteiger partial charge on any atom is 0.306 e. The maximum absolute atomic E-state index is 12.2. The van der Waals surface area contributed by atoms with Gasteiger partial charge in [0.05, 0.1) is 6.61 Å². The fourth-order valence-corrected chi connectivity index (χ4v) is 7.07. The molecule has 0 aliphatic rings. The first-order valence-corrected chi connectivity index (χ1v) is 23.9. The molecule has 0 aromatic carbocycles. The van der Waals surface area contributed by atoms with Crippen LogP contribution in [-0.4, -0.2) is 36.4 Å². The van der Waals surface area contributed by atoms with E-state index in [1.807, 2.05) is 0 Å². The molecule has 0 saturated heterocycles. The molecular weight excluding hydrogens is 669 g/mol. The van der Waals surface area contributed by atoms with Crippen molar-refractivity contribution in [3.63, 3.8) is 0 Å². The first-order chi connectivity index (χ1) is 26.6. The van der Waals surface area contributed by atoms with Crippen LogP contribution in [0.2, 0.25) is 0 Å². The van der Waals surface area contributed by atoms with Crippen molar-refractivity contribution < 1.29 is 24.2 Å². The fourth-order valence-electron chi connectivity index (χ4n) is 7.07. The van der Waals surface area contributed by atoms with Crippen molar-refractivity contribution >= 4 is 11.9 Å². The molecule has 0 aromatic heterocycles. The van der Waals surface area contributed by atoms with Crippen LogP contribution in [0.3, 0.4) is 0 Å². The largest absolute Gasteiger partial charge is 0.462 e. The Labute approximate surface area is 336 Å². The van der Waals surface area contributed by atoms with E-state index in [1.165, 1.54) is 193 Å². The molecule has 5 heteroatoms. The van der Waals surface area contributed by atoms with Gasteiger partial charge in [-0.05, 0) is 64.2 Å². The first kappa shape index (κ1) is 52.4. The van der Waals surface area contributed by atoms with Gasteiger partial charge in [0.2, 0.25) is 0 Å². The van der Waals surface area contributed by atoms with Crippen LogP contribution in [0.5, 0.6) is 0 Å². The lowest BCUT2D eigenvalue weighted by Crippen LogP contribution is -2.28. The summed E-state index contributed by atoms with van der Waals surface area (Å²) >= 11 is 0. The van der Waals surface area contributed by atoms with Gasteiger partial charge in [-0.2, -0.15) is 0 Å². The Morgan fingerprint density at radius 1 is 0.407 bits per heavy atom. The highest BCUT2D eigenvalue weighted by molar-refractivity contribution is 5.70. The van der Waals surface area contributed by atoms with E-state index in [9.17, 15) is 14.7 Å². The van der Waals surface area contributed by atoms with Gasteiger partial charge in [0, 0.05) is 12.8 Å². The van der Waals surface area contributed by atoms with Gasteiger partial charge in [-0.15, -0.1) is 0 Å². The predicted octanol–water partition coefficient (Wildman–Crippen LogP) is 15.4. The SMILES string of the molecule is CCCCCCCC/C=C/CCCCCCCCCCCCCC(=O)OC[C@H](CO)OC(=O)CCCCCCCCCCC/C=C/CCCCCCCC. The Balaban J connectivity index is 3.48. The molecule has 0 heterocycles. The summed E-state index contributed by atoms with van der Waals surface area (Å²) in [6.45, 7) is 4.16. The summed E-state index contributed by atoms with van der Waals surface area (Å²) in [5.74, 6) is -0.582. The van der Waals surface area contributed by atoms with Crippen molar-refractivity contribution in [2.24, 2.45) is 0 Å². The number of carbonyl (C=O) groups excluding carboxylic acids is 2. The van der Waals surface area contributed by atoms with E-state index in [4.69, 9.17) is 9.47 Å². The van der Waals surface area contributed by atoms with Gasteiger partial charge in [0.25, 0.3) is 0 Å². The minimum absolute atomic E-state index is 0.0630. The van der Waals surface area contributed by atoms with Crippen LogP contribution >= 0.6 is 0 Å². The van der Waals surface area contributed by atoms with E-state index in [0.29, 0.717) is 12.8 Å². The average molecular weight is 761 g/mol. The summed E-state index contributed by atoms with van der Waals surface area (Å²) in [6.07, 6.45) is 55.4. The third-order valence-corrected chi connectivity index (χ3v) is 10.7. The summed E-state index contributed by atoms with van der Waals surface area (Å²) in [5, 5.41) is 9.60. The van der Waals surface area contributed by atoms with E-state index in [1.54, 1.807) is 0 Å². The Hall–Kier alpha value is -1.62. The highest BCUT2D eigenvalue weighted by atomic mass is 16.6. The second-order valence-corrected chi connectivity index (χ2v) is 16.2. The van der Waals surface area contributed by atoms with Gasteiger partial charge < -0.3 is 14.6 Å². The van der Waals surface area contributed by atoms with Crippen molar-refractivity contribution in [1.29, 1.82) is 0 Å². The molecule has 0 bridgehead atoms. The van der Waals surface area contributed by atoms with Gasteiger partial charge in [0.15, 0.2) is 6.10 Å². The first-order valence-electron chi connectivity index (χ1n) is 23.9. The molecule has 0 aliphatic carbocycles. The van der Waals surface area contributed by atoms with Crippen LogP contribution in [0.1, 0.15) is 258 Å². The molecule has 0 saturated carbocycles. The fraction of sp³-hybridized carbons (Fsp3) is 0.878. The number of carbonyl (C=O) groups is 2. The number of hydrogen-bond donors (Lipinski definition) is 1. The molecule has 0 radical (unpaired) electrons. The van der Waals surface area contributed by atoms with E-state index < -0.39 is 6.10 Å². The molecule has 0 spiro atoms. The van der Waals surface area contributed by atoms with Crippen molar-refractivity contribution in [2.45, 2.75) is 264 Å². The van der Waals surface area contributed by atoms with Gasteiger partial charge in [-0.3, -0.25) is 9.59 Å². The molecule has 0 amide bonds. The molecular formula is C49H92O5. The highest BCUT2D eigenvalue weighted by Crippen LogP contribution is 2.15. The van der Waals surface area contributed by atoms with Gasteiger partial charge in [0.1, 0.15) is 6.61 Å². The van der Waals surface area contributed by atoms with Crippen LogP contribution in [0.25, 0.3) is 0 Å². The van der Waals surface area contributed by atoms with Crippen molar-refractivity contribution in [1.82, 2.24) is 0 Å². The number of aliphatic hydroxyl groups is 1. The second-order valence-electron chi connectivity index (χ2n) is 16.2. The molecule has 1 N–H and O–H groups in total. The summed E-state index contributed by atoms with van der Waals surface area (Å²) in [5.41, 5.74) is 0. The van der Waals surface area contributed by atoms with Crippen LogP contribution in [0.4, 0.5) is 0 Å². The molecule has 5 nitrogen and oxygen atoms in total. The van der Waals surface area contributed by atoms with Crippen molar-refractivity contribution in [2.75, 3.05) is 13.2 Å². The lowest BCUT2D eigenvalue weighted by atomic mass is 10.0. The number of hydrogen-bond acceptors (Lipinski definition) is 5. The molecule has 54 heavy (non-hydrogen) atoms. The topological polar surface area (TPSA) is 72.8 Å². The van der Waals surface area contributed by atoms with Crippen LogP contribution in [-0.2, 0) is 19.1 Å². The van der Waals surface area contributed by atoms with Gasteiger partial charge in [-0.1, -0.05) is 205 Å². The second kappa shape index (κ2) is 45.8. The standard InChI is InChI=1S/C49H92O5/c1-3-5-7-9-11-13-15-17-19-21-23-24-26-27-29-31-33-35-37-39-41-43-48(51)53-46-47(45-50)54-49(52)44-42-40-38-36-34-32-30-28-25-22-20-18-16-14-12-10-8-6-4-2/h17-20,47,50H,3-16,21-46H2,1-2H3/b19-17+,20-18+/t47-/m0/s1. The quantitative estimate of drug-likeness (QED) is 0.0380. The summed E-state index contributed by atoms with van der Waals surface area (Å²) in [6, 6.07) is 0. The Morgan fingerprint density at radius 3 is 1.00 bits per heavy atom. The zero-order valence-corrected chi connectivity index (χ0v) is 36.3. The Bertz CT molecular complexity index is 821. The lowest BCUT2D eigenvalue weighted by Gasteiger charge is -2.15. The number of allylic oxidation sites excluding steroid dienone is 4. The summed E-state index contributed by atoms with van der Waals surface area (Å²) in [7, 11) is 0. The third-order valence-electron chi connectivity index (χ3n) is 10.7. The highest BCUT2D eigenvalue weighted by Gasteiger charge is 2.16. The molecule has 0 aliphatic heterocycles. The molecule has 1 atom stereocenters. The van der Waals surface area contributed by atoms with Crippen LogP contribution in [0.15, 0.2) is 24.3 Å². The van der Waals surface area contributed by atoms with Crippen molar-refractivity contribution in [3.05, 3.63) is 24.3 Å². The van der Waals surface area contributed by atoms with Crippen LogP contribution < -0.4 is 0 Å². The minimum Gasteiger partial charge on any atom is -0.462 e. The number of unbranched alkanes of at least 4 members (excludes halogenated alkanes) is 32. The van der Waals surface area contributed by atoms with Crippen LogP contribution in [0, 0.1) is 0 Å².